The lowest BCUT2D eigenvalue weighted by atomic mass is 9.93. The van der Waals surface area contributed by atoms with Crippen LogP contribution in [0.5, 0.6) is 0 Å². The molecule has 0 bridgehead atoms. The lowest BCUT2D eigenvalue weighted by Crippen LogP contribution is -2.71. The second kappa shape index (κ2) is 19.2. The van der Waals surface area contributed by atoms with Gasteiger partial charge in [0.05, 0.1) is 26.4 Å². The molecule has 0 aromatic heterocycles. The van der Waals surface area contributed by atoms with Crippen molar-refractivity contribution in [3.63, 3.8) is 0 Å². The predicted molar refractivity (Wildman–Crippen MR) is 169 cm³/mol. The molecule has 3 amide bonds. The number of carbonyl (C=O) groups is 3. The van der Waals surface area contributed by atoms with Gasteiger partial charge in [-0.2, -0.15) is 0 Å². The molecule has 0 aromatic carbocycles. The molecule has 4 rings (SSSR count). The molecule has 4 aliphatic rings. The summed E-state index contributed by atoms with van der Waals surface area (Å²) in [7, 11) is 0. The van der Waals surface area contributed by atoms with Gasteiger partial charge in [-0.3, -0.25) is 14.4 Å². The van der Waals surface area contributed by atoms with Crippen molar-refractivity contribution in [1.82, 2.24) is 16.0 Å². The summed E-state index contributed by atoms with van der Waals surface area (Å²) in [6.45, 7) is -0.232. The Morgan fingerprint density at radius 1 is 0.444 bits per heavy atom. The molecule has 0 radical (unpaired) electrons. The molecule has 54 heavy (non-hydrogen) atoms. The highest BCUT2D eigenvalue weighted by Gasteiger charge is 2.56. The van der Waals surface area contributed by atoms with E-state index in [1.165, 1.54) is 0 Å². The molecule has 24 nitrogen and oxygen atoms in total. The number of carbonyl (C=O) groups excluding carboxylic acids is 3. The minimum Gasteiger partial charge on any atom is -0.394 e. The second-order valence-corrected chi connectivity index (χ2v) is 13.3. The maximum Gasteiger partial charge on any atom is 0.217 e. The van der Waals surface area contributed by atoms with Gasteiger partial charge < -0.3 is 105 Å². The molecule has 0 unspecified atom stereocenters. The summed E-state index contributed by atoms with van der Waals surface area (Å²) in [5.41, 5.74) is 0. The van der Waals surface area contributed by atoms with E-state index < -0.39 is 167 Å². The number of aliphatic hydroxyl groups excluding tert-OH is 11. The van der Waals surface area contributed by atoms with Gasteiger partial charge in [-0.25, -0.2) is 0 Å². The topological polar surface area (TPSA) is 374 Å². The summed E-state index contributed by atoms with van der Waals surface area (Å²) >= 11 is 0. The van der Waals surface area contributed by atoms with E-state index in [2.05, 4.69) is 16.0 Å². The standard InChI is InChI=1S/C30H51N3O21/c1-8(38)31-15-21(44)24(14(7-37)51-28(15)53-25-16(32-9(2)39)27(47)48-12(5-35)19(25)42)52-29-17(33-10(3)40)26(20(43)13(6-36)49-29)54-30-23(46)22(45)18(41)11(4-34)50-30/h11-30,34-37,41-47H,4-7H2,1-3H3,(H,31,38)(H,32,39)(H,33,40)/t11-,12-,13-,14-,15-,16-,17-,18+,19+,20+,21-,22+,23-,24+,25-,26-,27-,28-,29+,30+/m1/s1. The Labute approximate surface area is 307 Å². The number of hydrogen-bond acceptors (Lipinski definition) is 21. The zero-order valence-electron chi connectivity index (χ0n) is 29.4. The van der Waals surface area contributed by atoms with Crippen LogP contribution in [0.3, 0.4) is 0 Å². The van der Waals surface area contributed by atoms with E-state index in [1.807, 2.05) is 0 Å². The predicted octanol–water partition coefficient (Wildman–Crippen LogP) is -9.32. The molecule has 0 aromatic rings. The number of hydrogen-bond donors (Lipinski definition) is 14. The Kier molecular flexibility index (Phi) is 15.8. The molecule has 0 saturated carbocycles. The zero-order chi connectivity index (χ0) is 40.2. The average Bonchev–Trinajstić information content (AvgIpc) is 3.11. The van der Waals surface area contributed by atoms with Crippen LogP contribution >= 0.6 is 0 Å². The molecular weight excluding hydrogens is 738 g/mol. The van der Waals surface area contributed by atoms with Gasteiger partial charge in [-0.15, -0.1) is 0 Å². The molecule has 24 heteroatoms. The van der Waals surface area contributed by atoms with Crippen LogP contribution in [0.25, 0.3) is 0 Å². The van der Waals surface area contributed by atoms with E-state index >= 15 is 0 Å². The average molecular weight is 790 g/mol. The lowest BCUT2D eigenvalue weighted by molar-refractivity contribution is -0.365. The van der Waals surface area contributed by atoms with Crippen molar-refractivity contribution >= 4 is 17.7 Å². The van der Waals surface area contributed by atoms with Crippen LogP contribution in [0, 0.1) is 0 Å². The Balaban J connectivity index is 1.65. The van der Waals surface area contributed by atoms with Gasteiger partial charge in [0.25, 0.3) is 0 Å². The first-order valence-electron chi connectivity index (χ1n) is 17.1. The molecule has 4 heterocycles. The Morgan fingerprint density at radius 2 is 0.833 bits per heavy atom. The Morgan fingerprint density at radius 3 is 1.37 bits per heavy atom. The zero-order valence-corrected chi connectivity index (χ0v) is 29.4. The fraction of sp³-hybridized carbons (Fsp3) is 0.900. The van der Waals surface area contributed by atoms with Gasteiger partial charge in [-0.1, -0.05) is 0 Å². The van der Waals surface area contributed by atoms with Crippen molar-refractivity contribution in [3.05, 3.63) is 0 Å². The van der Waals surface area contributed by atoms with Crippen LogP contribution in [0.1, 0.15) is 20.8 Å². The fourth-order valence-corrected chi connectivity index (χ4v) is 6.75. The summed E-state index contributed by atoms with van der Waals surface area (Å²) in [5.74, 6) is -2.19. The summed E-state index contributed by atoms with van der Waals surface area (Å²) in [4.78, 5) is 36.7. The number of amides is 3. The maximum atomic E-state index is 12.4. The van der Waals surface area contributed by atoms with Crippen molar-refractivity contribution < 1.29 is 104 Å². The third kappa shape index (κ3) is 9.79. The van der Waals surface area contributed by atoms with E-state index in [4.69, 9.17) is 33.2 Å². The summed E-state index contributed by atoms with van der Waals surface area (Å²) < 4.78 is 40.0. The third-order valence-electron chi connectivity index (χ3n) is 9.41. The highest BCUT2D eigenvalue weighted by atomic mass is 16.7. The van der Waals surface area contributed by atoms with E-state index in [0.29, 0.717) is 0 Å². The van der Waals surface area contributed by atoms with E-state index in [9.17, 15) is 70.6 Å². The Hall–Kier alpha value is -2.31. The van der Waals surface area contributed by atoms with Gasteiger partial charge in [0.2, 0.25) is 17.7 Å². The van der Waals surface area contributed by atoms with Crippen LogP contribution in [0.4, 0.5) is 0 Å². The van der Waals surface area contributed by atoms with E-state index in [-0.39, 0.29) is 0 Å². The quantitative estimate of drug-likeness (QED) is 0.0823. The van der Waals surface area contributed by atoms with Crippen molar-refractivity contribution in [1.29, 1.82) is 0 Å². The first-order chi connectivity index (χ1) is 25.5. The monoisotopic (exact) mass is 789 g/mol. The minimum atomic E-state index is -1.96. The summed E-state index contributed by atoms with van der Waals surface area (Å²) in [6, 6.07) is -4.69. The molecule has 4 saturated heterocycles. The van der Waals surface area contributed by atoms with Crippen LogP contribution in [-0.2, 0) is 47.5 Å². The number of nitrogens with one attached hydrogen (secondary N) is 3. The normalized spacial score (nSPS) is 45.7. The molecular formula is C30H51N3O21. The third-order valence-corrected chi connectivity index (χ3v) is 9.41. The van der Waals surface area contributed by atoms with Gasteiger partial charge in [0, 0.05) is 20.8 Å². The summed E-state index contributed by atoms with van der Waals surface area (Å²) in [6.07, 6.45) is -29.4. The maximum absolute atomic E-state index is 12.4. The van der Waals surface area contributed by atoms with Crippen LogP contribution < -0.4 is 16.0 Å². The highest BCUT2D eigenvalue weighted by molar-refractivity contribution is 5.74. The van der Waals surface area contributed by atoms with Crippen molar-refractivity contribution in [2.75, 3.05) is 26.4 Å². The molecule has 4 fully saturated rings. The highest BCUT2D eigenvalue weighted by Crippen LogP contribution is 2.34. The van der Waals surface area contributed by atoms with Crippen molar-refractivity contribution in [2.24, 2.45) is 0 Å². The van der Waals surface area contributed by atoms with Crippen LogP contribution in [0.15, 0.2) is 0 Å². The van der Waals surface area contributed by atoms with Gasteiger partial charge in [-0.05, 0) is 0 Å². The molecule has 0 spiro atoms. The molecule has 312 valence electrons. The van der Waals surface area contributed by atoms with Gasteiger partial charge in [0.1, 0.15) is 97.5 Å². The molecule has 0 aliphatic carbocycles. The van der Waals surface area contributed by atoms with Crippen molar-refractivity contribution in [3.8, 4) is 0 Å². The first-order valence-corrected chi connectivity index (χ1v) is 17.1. The minimum absolute atomic E-state index is 0.683. The SMILES string of the molecule is CC(=O)N[C@@H]1[C@@H](O[C@H]2O[C@H](CO)[C@H](O[C@@H]3O[C@H](CO)[C@H](O)[C@H](O[C@@H]4O[C@H](CO)[C@H](O)[C@H](O)[C@H]4O)[C@H]3NC(C)=O)[C@H](O)[C@H]2NC(C)=O)[C@@H](O)[C@@H](CO)O[C@H]1O. The van der Waals surface area contributed by atoms with Crippen LogP contribution in [-0.4, -0.2) is 223 Å². The smallest absolute Gasteiger partial charge is 0.217 e. The van der Waals surface area contributed by atoms with Gasteiger partial charge >= 0.3 is 0 Å². The van der Waals surface area contributed by atoms with Crippen molar-refractivity contribution in [2.45, 2.75) is 143 Å². The van der Waals surface area contributed by atoms with Crippen LogP contribution in [0.2, 0.25) is 0 Å². The number of rotatable bonds is 13. The lowest BCUT2D eigenvalue weighted by Gasteiger charge is -2.51. The van der Waals surface area contributed by atoms with E-state index in [0.717, 1.165) is 20.8 Å². The fourth-order valence-electron chi connectivity index (χ4n) is 6.75. The van der Waals surface area contributed by atoms with Gasteiger partial charge in [0.15, 0.2) is 25.2 Å². The first kappa shape index (κ1) is 44.4. The molecule has 4 aliphatic heterocycles. The molecule has 20 atom stereocenters. The Bertz CT molecular complexity index is 1250. The second-order valence-electron chi connectivity index (χ2n) is 13.3. The van der Waals surface area contributed by atoms with E-state index in [1.54, 1.807) is 0 Å². The summed E-state index contributed by atoms with van der Waals surface area (Å²) in [5, 5.41) is 122. The largest absolute Gasteiger partial charge is 0.394 e. The molecule has 14 N–H and O–H groups in total. The number of ether oxygens (including phenoxy) is 7. The number of aliphatic hydroxyl groups is 11.